The summed E-state index contributed by atoms with van der Waals surface area (Å²) >= 11 is 0. The highest BCUT2D eigenvalue weighted by molar-refractivity contribution is 6.02. The maximum absolute atomic E-state index is 12.9. The first kappa shape index (κ1) is 19.0. The van der Waals surface area contributed by atoms with Crippen LogP contribution in [0.15, 0.2) is 48.8 Å². The Kier molecular flexibility index (Phi) is 4.53. The molecule has 4 rings (SSSR count). The first-order valence-corrected chi connectivity index (χ1v) is 9.62. The number of pyridine rings is 1. The van der Waals surface area contributed by atoms with Crippen LogP contribution in [0.1, 0.15) is 46.5 Å². The number of aromatic hydroxyl groups is 1. The first-order valence-electron chi connectivity index (χ1n) is 9.62. The molecule has 0 bridgehead atoms. The van der Waals surface area contributed by atoms with Gasteiger partial charge in [-0.3, -0.25) is 9.78 Å². The minimum atomic E-state index is -0.529. The van der Waals surface area contributed by atoms with Crippen LogP contribution in [0.2, 0.25) is 0 Å². The van der Waals surface area contributed by atoms with Gasteiger partial charge in [0.2, 0.25) is 0 Å². The Labute approximate surface area is 170 Å². The van der Waals surface area contributed by atoms with Crippen LogP contribution in [-0.4, -0.2) is 16.0 Å². The second kappa shape index (κ2) is 6.92. The summed E-state index contributed by atoms with van der Waals surface area (Å²) in [6.45, 7) is 8.16. The fraction of sp³-hybridized carbons (Fsp3) is 0.250. The molecule has 0 atom stereocenters. The number of ether oxygens (including phenoxy) is 1. The number of rotatable bonds is 3. The minimum Gasteiger partial charge on any atom is -0.506 e. The smallest absolute Gasteiger partial charge is 0.255 e. The van der Waals surface area contributed by atoms with Gasteiger partial charge in [-0.2, -0.15) is 0 Å². The number of carbonyl (C=O) groups is 1. The quantitative estimate of drug-likeness (QED) is 0.686. The van der Waals surface area contributed by atoms with Gasteiger partial charge in [0.25, 0.3) is 5.91 Å². The fourth-order valence-electron chi connectivity index (χ4n) is 3.89. The standard InChI is InChI=1S/C24H24N2O3/c1-14-7-8-18-17(10-14)21-19(29-24(18,3)4)11-15(2)20(22(21)27)23(28)26-13-16-6-5-9-25-12-16/h5-12,27H,13H2,1-4H3,(H,26,28). The molecule has 29 heavy (non-hydrogen) atoms. The molecule has 1 aliphatic rings. The second-order valence-corrected chi connectivity index (χ2v) is 8.00. The highest BCUT2D eigenvalue weighted by Gasteiger charge is 2.36. The van der Waals surface area contributed by atoms with Crippen molar-refractivity contribution in [2.24, 2.45) is 0 Å². The number of aryl methyl sites for hydroxylation is 2. The van der Waals surface area contributed by atoms with Gasteiger partial charge in [-0.15, -0.1) is 0 Å². The third-order valence-corrected chi connectivity index (χ3v) is 5.32. The van der Waals surface area contributed by atoms with Crippen molar-refractivity contribution in [2.75, 3.05) is 0 Å². The lowest BCUT2D eigenvalue weighted by atomic mass is 9.83. The topological polar surface area (TPSA) is 71.5 Å². The van der Waals surface area contributed by atoms with Crippen molar-refractivity contribution in [1.82, 2.24) is 10.3 Å². The first-order chi connectivity index (χ1) is 13.8. The van der Waals surface area contributed by atoms with E-state index in [1.807, 2.05) is 57.2 Å². The number of hydrogen-bond donors (Lipinski definition) is 2. The number of phenols is 1. The predicted molar refractivity (Wildman–Crippen MR) is 112 cm³/mol. The molecule has 0 saturated carbocycles. The molecule has 2 heterocycles. The van der Waals surface area contributed by atoms with Crippen molar-refractivity contribution >= 4 is 5.91 Å². The van der Waals surface area contributed by atoms with E-state index in [0.717, 1.165) is 22.3 Å². The third-order valence-electron chi connectivity index (χ3n) is 5.32. The molecule has 0 spiro atoms. The number of carbonyl (C=O) groups excluding carboxylic acids is 1. The lowest BCUT2D eigenvalue weighted by molar-refractivity contribution is 0.0946. The van der Waals surface area contributed by atoms with Gasteiger partial charge in [-0.1, -0.05) is 29.8 Å². The summed E-state index contributed by atoms with van der Waals surface area (Å²) in [5, 5.41) is 14.0. The average molecular weight is 388 g/mol. The van der Waals surface area contributed by atoms with Crippen molar-refractivity contribution in [2.45, 2.75) is 39.8 Å². The number of benzene rings is 2. The number of nitrogens with zero attached hydrogens (tertiary/aromatic N) is 1. The van der Waals surface area contributed by atoms with Crippen molar-refractivity contribution < 1.29 is 14.6 Å². The zero-order valence-electron chi connectivity index (χ0n) is 17.0. The van der Waals surface area contributed by atoms with Gasteiger partial charge >= 0.3 is 0 Å². The zero-order valence-corrected chi connectivity index (χ0v) is 17.0. The van der Waals surface area contributed by atoms with Gasteiger partial charge in [0.1, 0.15) is 17.1 Å². The monoisotopic (exact) mass is 388 g/mol. The predicted octanol–water partition coefficient (Wildman–Crippen LogP) is 4.63. The second-order valence-electron chi connectivity index (χ2n) is 8.00. The molecule has 3 aromatic rings. The normalized spacial score (nSPS) is 13.8. The molecule has 0 radical (unpaired) electrons. The summed E-state index contributed by atoms with van der Waals surface area (Å²) in [6, 6.07) is 11.6. The summed E-state index contributed by atoms with van der Waals surface area (Å²) in [4.78, 5) is 17.0. The van der Waals surface area contributed by atoms with Gasteiger partial charge in [0.05, 0.1) is 11.1 Å². The number of fused-ring (bicyclic) bond motifs is 3. The molecule has 2 N–H and O–H groups in total. The molecular weight excluding hydrogens is 364 g/mol. The Morgan fingerprint density at radius 1 is 1.21 bits per heavy atom. The SMILES string of the molecule is Cc1ccc2c(c1)-c1c(cc(C)c(C(=O)NCc3cccnc3)c1O)OC2(C)C. The van der Waals surface area contributed by atoms with Crippen molar-refractivity contribution in [3.8, 4) is 22.6 Å². The molecule has 5 heteroatoms. The lowest BCUT2D eigenvalue weighted by Gasteiger charge is -2.36. The van der Waals surface area contributed by atoms with Crippen LogP contribution in [0.5, 0.6) is 11.5 Å². The molecule has 0 saturated heterocycles. The van der Waals surface area contributed by atoms with Crippen LogP contribution in [0.25, 0.3) is 11.1 Å². The number of hydrogen-bond acceptors (Lipinski definition) is 4. The maximum Gasteiger partial charge on any atom is 0.255 e. The van der Waals surface area contributed by atoms with Crippen LogP contribution in [0.4, 0.5) is 0 Å². The van der Waals surface area contributed by atoms with Gasteiger partial charge in [0.15, 0.2) is 0 Å². The van der Waals surface area contributed by atoms with E-state index in [2.05, 4.69) is 10.3 Å². The Hall–Kier alpha value is -3.34. The van der Waals surface area contributed by atoms with Crippen LogP contribution < -0.4 is 10.1 Å². The highest BCUT2D eigenvalue weighted by atomic mass is 16.5. The number of aromatic nitrogens is 1. The number of phenolic OH excluding ortho intramolecular Hbond substituents is 1. The Morgan fingerprint density at radius 3 is 2.72 bits per heavy atom. The number of nitrogens with one attached hydrogen (secondary N) is 1. The molecule has 1 aromatic heterocycles. The van der Waals surface area contributed by atoms with Gasteiger partial charge in [-0.05, 0) is 56.5 Å². The lowest BCUT2D eigenvalue weighted by Crippen LogP contribution is -2.30. The van der Waals surface area contributed by atoms with E-state index in [9.17, 15) is 9.90 Å². The van der Waals surface area contributed by atoms with Crippen molar-refractivity contribution in [3.05, 3.63) is 76.6 Å². The largest absolute Gasteiger partial charge is 0.506 e. The number of amides is 1. The molecule has 0 aliphatic carbocycles. The van der Waals surface area contributed by atoms with E-state index in [-0.39, 0.29) is 17.2 Å². The Bertz CT molecular complexity index is 1100. The molecule has 0 fully saturated rings. The summed E-state index contributed by atoms with van der Waals surface area (Å²) in [5.74, 6) is 0.212. The molecule has 2 aromatic carbocycles. The van der Waals surface area contributed by atoms with Crippen LogP contribution in [0, 0.1) is 13.8 Å². The molecular formula is C24H24N2O3. The van der Waals surface area contributed by atoms with E-state index < -0.39 is 5.60 Å². The van der Waals surface area contributed by atoms with Gasteiger partial charge in [0, 0.05) is 24.5 Å². The molecule has 1 aliphatic heterocycles. The minimum absolute atomic E-state index is 0.0500. The summed E-state index contributed by atoms with van der Waals surface area (Å²) < 4.78 is 6.21. The van der Waals surface area contributed by atoms with Crippen LogP contribution in [0.3, 0.4) is 0 Å². The van der Waals surface area contributed by atoms with Crippen LogP contribution >= 0.6 is 0 Å². The summed E-state index contributed by atoms with van der Waals surface area (Å²) in [6.07, 6.45) is 3.39. The maximum atomic E-state index is 12.9. The van der Waals surface area contributed by atoms with Gasteiger partial charge in [-0.25, -0.2) is 0 Å². The zero-order chi connectivity index (χ0) is 20.8. The summed E-state index contributed by atoms with van der Waals surface area (Å²) in [5.41, 5.74) is 4.82. The van der Waals surface area contributed by atoms with Crippen LogP contribution in [-0.2, 0) is 12.1 Å². The average Bonchev–Trinajstić information content (AvgIpc) is 2.66. The van der Waals surface area contributed by atoms with E-state index in [1.54, 1.807) is 19.3 Å². The Morgan fingerprint density at radius 2 is 2.00 bits per heavy atom. The molecule has 148 valence electrons. The summed E-state index contributed by atoms with van der Waals surface area (Å²) in [7, 11) is 0. The van der Waals surface area contributed by atoms with E-state index in [1.165, 1.54) is 0 Å². The molecule has 0 unspecified atom stereocenters. The fourth-order valence-corrected chi connectivity index (χ4v) is 3.89. The van der Waals surface area contributed by atoms with Crippen molar-refractivity contribution in [3.63, 3.8) is 0 Å². The third kappa shape index (κ3) is 3.33. The van der Waals surface area contributed by atoms with E-state index in [4.69, 9.17) is 4.74 Å². The van der Waals surface area contributed by atoms with E-state index >= 15 is 0 Å². The van der Waals surface area contributed by atoms with Gasteiger partial charge < -0.3 is 15.2 Å². The molecule has 1 amide bonds. The highest BCUT2D eigenvalue weighted by Crippen LogP contribution is 2.51. The Balaban J connectivity index is 1.78. The van der Waals surface area contributed by atoms with Crippen molar-refractivity contribution in [1.29, 1.82) is 0 Å². The molecule has 5 nitrogen and oxygen atoms in total. The van der Waals surface area contributed by atoms with E-state index in [0.29, 0.717) is 23.4 Å².